The number of benzene rings is 3. The molecule has 4 aromatic rings. The average molecular weight is 477 g/mol. The van der Waals surface area contributed by atoms with Crippen LogP contribution in [0.1, 0.15) is 5.56 Å². The van der Waals surface area contributed by atoms with Gasteiger partial charge in [-0.05, 0) is 48.5 Å². The number of aromatic nitrogens is 1. The van der Waals surface area contributed by atoms with Gasteiger partial charge in [-0.15, -0.1) is 11.3 Å². The van der Waals surface area contributed by atoms with Crippen LogP contribution in [-0.4, -0.2) is 25.1 Å². The molecule has 0 unspecified atom stereocenters. The molecule has 0 saturated carbocycles. The summed E-state index contributed by atoms with van der Waals surface area (Å²) < 4.78 is 10.6. The lowest BCUT2D eigenvalue weighted by molar-refractivity contribution is -0.111. The zero-order valence-electron chi connectivity index (χ0n) is 18.0. The Bertz CT molecular complexity index is 1280. The van der Waals surface area contributed by atoms with E-state index >= 15 is 0 Å². The Morgan fingerprint density at radius 1 is 0.970 bits per heavy atom. The molecule has 0 fully saturated rings. The molecule has 1 heterocycles. The van der Waals surface area contributed by atoms with Gasteiger partial charge in [-0.25, -0.2) is 4.98 Å². The van der Waals surface area contributed by atoms with E-state index in [9.17, 15) is 4.79 Å². The number of rotatable bonds is 7. The average Bonchev–Trinajstić information content (AvgIpc) is 3.34. The molecule has 5 nitrogen and oxygen atoms in total. The number of methoxy groups -OCH3 is 2. The highest BCUT2D eigenvalue weighted by Crippen LogP contribution is 2.30. The van der Waals surface area contributed by atoms with Gasteiger partial charge in [-0.2, -0.15) is 0 Å². The third kappa shape index (κ3) is 5.61. The SMILES string of the molecule is COc1ccc(OC)c(/C=C/C(=O)Nc2ccc(-c3csc(-c4ccc(Cl)cc4)n3)cc2)c1. The number of nitrogens with zero attached hydrogens (tertiary/aromatic N) is 1. The number of hydrogen-bond acceptors (Lipinski definition) is 5. The molecule has 4 rings (SSSR count). The van der Waals surface area contributed by atoms with Gasteiger partial charge in [0.05, 0.1) is 19.9 Å². The quantitative estimate of drug-likeness (QED) is 0.298. The lowest BCUT2D eigenvalue weighted by atomic mass is 10.1. The van der Waals surface area contributed by atoms with Crippen molar-refractivity contribution in [1.29, 1.82) is 0 Å². The predicted octanol–water partition coefficient (Wildman–Crippen LogP) is 6.80. The van der Waals surface area contributed by atoms with Crippen LogP contribution in [0.25, 0.3) is 27.9 Å². The number of amides is 1. The van der Waals surface area contributed by atoms with Crippen LogP contribution >= 0.6 is 22.9 Å². The maximum atomic E-state index is 12.4. The minimum Gasteiger partial charge on any atom is -0.497 e. The molecule has 1 aromatic heterocycles. The number of ether oxygens (including phenoxy) is 2. The molecule has 3 aromatic carbocycles. The maximum Gasteiger partial charge on any atom is 0.248 e. The fraction of sp³-hybridized carbons (Fsp3) is 0.0769. The van der Waals surface area contributed by atoms with Crippen LogP contribution in [0.2, 0.25) is 5.02 Å². The molecule has 0 bridgehead atoms. The smallest absolute Gasteiger partial charge is 0.248 e. The summed E-state index contributed by atoms with van der Waals surface area (Å²) in [7, 11) is 3.18. The standard InChI is InChI=1S/C26H21ClN2O3S/c1-31-22-12-13-24(32-2)19(15-22)7-14-25(30)28-21-10-5-17(6-11-21)23-16-33-26(29-23)18-3-8-20(27)9-4-18/h3-16H,1-2H3,(H,28,30)/b14-7+. The van der Waals surface area contributed by atoms with E-state index in [1.165, 1.54) is 6.08 Å². The largest absolute Gasteiger partial charge is 0.497 e. The van der Waals surface area contributed by atoms with Crippen molar-refractivity contribution in [2.24, 2.45) is 0 Å². The number of anilines is 1. The first kappa shape index (κ1) is 22.6. The highest BCUT2D eigenvalue weighted by molar-refractivity contribution is 7.13. The summed E-state index contributed by atoms with van der Waals surface area (Å²) in [5.74, 6) is 1.10. The fourth-order valence-corrected chi connectivity index (χ4v) is 4.14. The Morgan fingerprint density at radius 3 is 2.39 bits per heavy atom. The van der Waals surface area contributed by atoms with Gasteiger partial charge in [0.15, 0.2) is 0 Å². The molecular weight excluding hydrogens is 456 g/mol. The van der Waals surface area contributed by atoms with Crippen molar-refractivity contribution in [3.63, 3.8) is 0 Å². The summed E-state index contributed by atoms with van der Waals surface area (Å²) in [6.07, 6.45) is 3.16. The van der Waals surface area contributed by atoms with Crippen molar-refractivity contribution < 1.29 is 14.3 Å². The normalized spacial score (nSPS) is 10.9. The number of nitrogens with one attached hydrogen (secondary N) is 1. The lowest BCUT2D eigenvalue weighted by Crippen LogP contribution is -2.07. The topological polar surface area (TPSA) is 60.5 Å². The number of carbonyl (C=O) groups excluding carboxylic acids is 1. The van der Waals surface area contributed by atoms with Gasteiger partial charge in [-0.1, -0.05) is 35.9 Å². The van der Waals surface area contributed by atoms with Crippen LogP contribution in [-0.2, 0) is 4.79 Å². The van der Waals surface area contributed by atoms with Crippen LogP contribution in [0.3, 0.4) is 0 Å². The van der Waals surface area contributed by atoms with Crippen molar-refractivity contribution in [2.45, 2.75) is 0 Å². The van der Waals surface area contributed by atoms with Crippen molar-refractivity contribution in [2.75, 3.05) is 19.5 Å². The first-order chi connectivity index (χ1) is 16.1. The van der Waals surface area contributed by atoms with Gasteiger partial charge in [-0.3, -0.25) is 4.79 Å². The summed E-state index contributed by atoms with van der Waals surface area (Å²) in [6, 6.07) is 20.6. The highest BCUT2D eigenvalue weighted by Gasteiger charge is 2.08. The molecule has 0 aliphatic heterocycles. The van der Waals surface area contributed by atoms with Gasteiger partial charge in [0.1, 0.15) is 16.5 Å². The van der Waals surface area contributed by atoms with Crippen LogP contribution in [0.4, 0.5) is 5.69 Å². The van der Waals surface area contributed by atoms with Gasteiger partial charge in [0.2, 0.25) is 5.91 Å². The minimum absolute atomic E-state index is 0.244. The van der Waals surface area contributed by atoms with E-state index in [0.29, 0.717) is 22.2 Å². The Balaban J connectivity index is 1.42. The van der Waals surface area contributed by atoms with Crippen LogP contribution in [0.15, 0.2) is 78.2 Å². The Labute approximate surface area is 201 Å². The van der Waals surface area contributed by atoms with E-state index in [2.05, 4.69) is 5.32 Å². The summed E-state index contributed by atoms with van der Waals surface area (Å²) >= 11 is 7.54. The Hall–Kier alpha value is -3.61. The summed E-state index contributed by atoms with van der Waals surface area (Å²) in [5, 5.41) is 6.51. The molecule has 0 radical (unpaired) electrons. The van der Waals surface area contributed by atoms with Crippen LogP contribution in [0, 0.1) is 0 Å². The molecule has 0 atom stereocenters. The molecular formula is C26H21ClN2O3S. The second-order valence-electron chi connectivity index (χ2n) is 7.05. The molecule has 33 heavy (non-hydrogen) atoms. The van der Waals surface area contributed by atoms with Gasteiger partial charge in [0.25, 0.3) is 0 Å². The second-order valence-corrected chi connectivity index (χ2v) is 8.35. The molecule has 7 heteroatoms. The van der Waals surface area contributed by atoms with Crippen molar-refractivity contribution >= 4 is 40.6 Å². The number of hydrogen-bond donors (Lipinski definition) is 1. The van der Waals surface area contributed by atoms with E-state index in [-0.39, 0.29) is 5.91 Å². The molecule has 0 spiro atoms. The molecule has 0 aliphatic rings. The minimum atomic E-state index is -0.244. The summed E-state index contributed by atoms with van der Waals surface area (Å²) in [6.45, 7) is 0. The van der Waals surface area contributed by atoms with Gasteiger partial charge >= 0.3 is 0 Å². The van der Waals surface area contributed by atoms with Crippen molar-refractivity contribution in [1.82, 2.24) is 4.98 Å². The molecule has 0 saturated heterocycles. The first-order valence-corrected chi connectivity index (χ1v) is 11.3. The number of carbonyl (C=O) groups is 1. The molecule has 1 amide bonds. The predicted molar refractivity (Wildman–Crippen MR) is 135 cm³/mol. The Morgan fingerprint density at radius 2 is 1.70 bits per heavy atom. The van der Waals surface area contributed by atoms with Crippen LogP contribution in [0.5, 0.6) is 11.5 Å². The van der Waals surface area contributed by atoms with Gasteiger partial charge < -0.3 is 14.8 Å². The zero-order valence-corrected chi connectivity index (χ0v) is 19.6. The molecule has 1 N–H and O–H groups in total. The first-order valence-electron chi connectivity index (χ1n) is 10.1. The monoisotopic (exact) mass is 476 g/mol. The number of thiazole rings is 1. The Kier molecular flexibility index (Phi) is 7.07. The lowest BCUT2D eigenvalue weighted by Gasteiger charge is -2.07. The van der Waals surface area contributed by atoms with Gasteiger partial charge in [0, 0.05) is 38.9 Å². The fourth-order valence-electron chi connectivity index (χ4n) is 3.17. The van der Waals surface area contributed by atoms with E-state index in [1.54, 1.807) is 43.8 Å². The zero-order chi connectivity index (χ0) is 23.2. The molecule has 0 aliphatic carbocycles. The molecule has 166 valence electrons. The second kappa shape index (κ2) is 10.3. The third-order valence-corrected chi connectivity index (χ3v) is 6.04. The van der Waals surface area contributed by atoms with Crippen LogP contribution < -0.4 is 14.8 Å². The summed E-state index contributed by atoms with van der Waals surface area (Å²) in [4.78, 5) is 17.1. The van der Waals surface area contributed by atoms with E-state index in [4.69, 9.17) is 26.1 Å². The maximum absolute atomic E-state index is 12.4. The summed E-state index contributed by atoms with van der Waals surface area (Å²) in [5.41, 5.74) is 4.33. The van der Waals surface area contributed by atoms with E-state index < -0.39 is 0 Å². The third-order valence-electron chi connectivity index (χ3n) is 4.89. The number of halogens is 1. The van der Waals surface area contributed by atoms with Crippen molar-refractivity contribution in [3.05, 3.63) is 88.8 Å². The highest BCUT2D eigenvalue weighted by atomic mass is 35.5. The van der Waals surface area contributed by atoms with E-state index in [0.717, 1.165) is 27.4 Å². The van der Waals surface area contributed by atoms with E-state index in [1.807, 2.05) is 60.0 Å². The van der Waals surface area contributed by atoms with Crippen molar-refractivity contribution in [3.8, 4) is 33.3 Å².